The Labute approximate surface area is 106 Å². The second kappa shape index (κ2) is 5.35. The van der Waals surface area contributed by atoms with E-state index in [1.54, 1.807) is 6.07 Å². The van der Waals surface area contributed by atoms with Crippen molar-refractivity contribution in [2.24, 2.45) is 5.92 Å². The Hall–Kier alpha value is -1.62. The fourth-order valence-corrected chi connectivity index (χ4v) is 2.49. The summed E-state index contributed by atoms with van der Waals surface area (Å²) in [5.74, 6) is 0.433. The molecule has 2 rings (SSSR count). The van der Waals surface area contributed by atoms with Crippen molar-refractivity contribution < 1.29 is 4.79 Å². The SMILES string of the molecule is CNC1CCN(C(=O)c2ccc(=O)[nH]c2)CC1C. The summed E-state index contributed by atoms with van der Waals surface area (Å²) < 4.78 is 0. The number of piperidine rings is 1. The summed E-state index contributed by atoms with van der Waals surface area (Å²) in [5, 5.41) is 3.27. The molecule has 2 atom stereocenters. The van der Waals surface area contributed by atoms with Crippen molar-refractivity contribution in [2.45, 2.75) is 19.4 Å². The van der Waals surface area contributed by atoms with Crippen molar-refractivity contribution >= 4 is 5.91 Å². The Bertz CT molecular complexity index is 463. The van der Waals surface area contributed by atoms with Crippen molar-refractivity contribution in [2.75, 3.05) is 20.1 Å². The van der Waals surface area contributed by atoms with Gasteiger partial charge in [-0.25, -0.2) is 0 Å². The number of H-pyrrole nitrogens is 1. The van der Waals surface area contributed by atoms with Gasteiger partial charge in [0.1, 0.15) is 0 Å². The number of hydrogen-bond acceptors (Lipinski definition) is 3. The van der Waals surface area contributed by atoms with Gasteiger partial charge in [-0.3, -0.25) is 9.59 Å². The van der Waals surface area contributed by atoms with E-state index in [2.05, 4.69) is 17.2 Å². The minimum Gasteiger partial charge on any atom is -0.338 e. The van der Waals surface area contributed by atoms with E-state index in [0.29, 0.717) is 17.5 Å². The number of amides is 1. The number of aromatic nitrogens is 1. The topological polar surface area (TPSA) is 65.2 Å². The van der Waals surface area contributed by atoms with E-state index in [4.69, 9.17) is 0 Å². The lowest BCUT2D eigenvalue weighted by molar-refractivity contribution is 0.0649. The zero-order valence-electron chi connectivity index (χ0n) is 10.8. The smallest absolute Gasteiger partial charge is 0.255 e. The zero-order valence-corrected chi connectivity index (χ0v) is 10.8. The molecule has 0 spiro atoms. The van der Waals surface area contributed by atoms with Gasteiger partial charge in [-0.1, -0.05) is 6.92 Å². The molecule has 1 amide bonds. The summed E-state index contributed by atoms with van der Waals surface area (Å²) in [5.41, 5.74) is 0.360. The fourth-order valence-electron chi connectivity index (χ4n) is 2.49. The van der Waals surface area contributed by atoms with Crippen LogP contribution >= 0.6 is 0 Å². The van der Waals surface area contributed by atoms with E-state index >= 15 is 0 Å². The van der Waals surface area contributed by atoms with Crippen LogP contribution in [0.2, 0.25) is 0 Å². The van der Waals surface area contributed by atoms with Crippen LogP contribution in [0.3, 0.4) is 0 Å². The maximum atomic E-state index is 12.2. The van der Waals surface area contributed by atoms with Gasteiger partial charge >= 0.3 is 0 Å². The average molecular weight is 249 g/mol. The van der Waals surface area contributed by atoms with Crippen molar-refractivity contribution in [3.05, 3.63) is 34.2 Å². The molecule has 1 aliphatic rings. The van der Waals surface area contributed by atoms with Crippen LogP contribution in [0.1, 0.15) is 23.7 Å². The third kappa shape index (κ3) is 2.61. The normalized spacial score (nSPS) is 24.0. The second-order valence-corrected chi connectivity index (χ2v) is 4.85. The van der Waals surface area contributed by atoms with Crippen molar-refractivity contribution in [3.8, 4) is 0 Å². The Morgan fingerprint density at radius 1 is 1.50 bits per heavy atom. The first kappa shape index (κ1) is 12.8. The first-order valence-corrected chi connectivity index (χ1v) is 6.27. The van der Waals surface area contributed by atoms with Crippen molar-refractivity contribution in [1.82, 2.24) is 15.2 Å². The number of pyridine rings is 1. The molecule has 1 saturated heterocycles. The third-order valence-electron chi connectivity index (χ3n) is 3.59. The summed E-state index contributed by atoms with van der Waals surface area (Å²) >= 11 is 0. The number of rotatable bonds is 2. The van der Waals surface area contributed by atoms with Crippen LogP contribution in [0, 0.1) is 5.92 Å². The van der Waals surface area contributed by atoms with Gasteiger partial charge < -0.3 is 15.2 Å². The lowest BCUT2D eigenvalue weighted by Gasteiger charge is -2.36. The predicted molar refractivity (Wildman–Crippen MR) is 69.6 cm³/mol. The van der Waals surface area contributed by atoms with Gasteiger partial charge in [-0.05, 0) is 25.5 Å². The molecule has 5 nitrogen and oxygen atoms in total. The molecule has 1 aromatic rings. The Balaban J connectivity index is 2.06. The highest BCUT2D eigenvalue weighted by Crippen LogP contribution is 2.18. The number of carbonyl (C=O) groups excluding carboxylic acids is 1. The molecule has 0 radical (unpaired) electrons. The van der Waals surface area contributed by atoms with Crippen LogP contribution in [0.4, 0.5) is 0 Å². The summed E-state index contributed by atoms with van der Waals surface area (Å²) in [6.45, 7) is 3.66. The standard InChI is InChI=1S/C13H19N3O2/c1-9-8-16(6-5-11(9)14-2)13(18)10-3-4-12(17)15-7-10/h3-4,7,9,11,14H,5-6,8H2,1-2H3,(H,15,17). The van der Waals surface area contributed by atoms with Crippen LogP contribution in [0.5, 0.6) is 0 Å². The molecule has 0 aliphatic carbocycles. The summed E-state index contributed by atoms with van der Waals surface area (Å²) in [4.78, 5) is 27.6. The first-order chi connectivity index (χ1) is 8.61. The highest BCUT2D eigenvalue weighted by molar-refractivity contribution is 5.93. The molecule has 98 valence electrons. The van der Waals surface area contributed by atoms with Gasteiger partial charge in [0.05, 0.1) is 5.56 Å². The summed E-state index contributed by atoms with van der Waals surface area (Å²) in [6.07, 6.45) is 2.45. The number of carbonyl (C=O) groups is 1. The average Bonchev–Trinajstić information content (AvgIpc) is 2.38. The largest absolute Gasteiger partial charge is 0.338 e. The summed E-state index contributed by atoms with van der Waals surface area (Å²) in [6, 6.07) is 3.44. The number of hydrogen-bond donors (Lipinski definition) is 2. The first-order valence-electron chi connectivity index (χ1n) is 6.27. The molecular formula is C13H19N3O2. The molecule has 1 aromatic heterocycles. The number of nitrogens with zero attached hydrogens (tertiary/aromatic N) is 1. The molecule has 1 fully saturated rings. The van der Waals surface area contributed by atoms with Gasteiger partial charge in [0.25, 0.3) is 5.91 Å². The third-order valence-corrected chi connectivity index (χ3v) is 3.59. The second-order valence-electron chi connectivity index (χ2n) is 4.85. The van der Waals surface area contributed by atoms with Crippen molar-refractivity contribution in [3.63, 3.8) is 0 Å². The monoisotopic (exact) mass is 249 g/mol. The number of aromatic amines is 1. The van der Waals surface area contributed by atoms with E-state index in [9.17, 15) is 9.59 Å². The van der Waals surface area contributed by atoms with Crippen LogP contribution in [0.15, 0.2) is 23.1 Å². The lowest BCUT2D eigenvalue weighted by Crippen LogP contribution is -2.49. The number of likely N-dealkylation sites (tertiary alicyclic amines) is 1. The highest BCUT2D eigenvalue weighted by Gasteiger charge is 2.28. The molecule has 2 N–H and O–H groups in total. The number of nitrogens with one attached hydrogen (secondary N) is 2. The fraction of sp³-hybridized carbons (Fsp3) is 0.538. The lowest BCUT2D eigenvalue weighted by atomic mass is 9.93. The molecule has 0 aromatic carbocycles. The van der Waals surface area contributed by atoms with E-state index in [1.807, 2.05) is 11.9 Å². The Kier molecular flexibility index (Phi) is 3.81. The Morgan fingerprint density at radius 3 is 2.83 bits per heavy atom. The van der Waals surface area contributed by atoms with Crippen molar-refractivity contribution in [1.29, 1.82) is 0 Å². The molecule has 2 heterocycles. The molecule has 0 saturated carbocycles. The van der Waals surface area contributed by atoms with Crippen LogP contribution in [0.25, 0.3) is 0 Å². The Morgan fingerprint density at radius 2 is 2.28 bits per heavy atom. The van der Waals surface area contributed by atoms with Crippen LogP contribution < -0.4 is 10.9 Å². The zero-order chi connectivity index (χ0) is 13.1. The maximum Gasteiger partial charge on any atom is 0.255 e. The van der Waals surface area contributed by atoms with E-state index in [-0.39, 0.29) is 11.5 Å². The maximum absolute atomic E-state index is 12.2. The van der Waals surface area contributed by atoms with Gasteiger partial charge in [-0.15, -0.1) is 0 Å². The van der Waals surface area contributed by atoms with Gasteiger partial charge in [0, 0.05) is 31.4 Å². The van der Waals surface area contributed by atoms with E-state index in [0.717, 1.165) is 19.5 Å². The minimum atomic E-state index is -0.186. The molecule has 0 bridgehead atoms. The predicted octanol–water partition coefficient (Wildman–Crippen LogP) is 0.445. The summed E-state index contributed by atoms with van der Waals surface area (Å²) in [7, 11) is 1.96. The van der Waals surface area contributed by atoms with Crippen LogP contribution in [-0.2, 0) is 0 Å². The molecule has 2 unspecified atom stereocenters. The molecule has 5 heteroatoms. The van der Waals surface area contributed by atoms with E-state index < -0.39 is 0 Å². The molecule has 1 aliphatic heterocycles. The van der Waals surface area contributed by atoms with Crippen LogP contribution in [-0.4, -0.2) is 42.0 Å². The van der Waals surface area contributed by atoms with Gasteiger partial charge in [0.15, 0.2) is 0 Å². The van der Waals surface area contributed by atoms with E-state index in [1.165, 1.54) is 12.3 Å². The molecule has 18 heavy (non-hydrogen) atoms. The van der Waals surface area contributed by atoms with Gasteiger partial charge in [-0.2, -0.15) is 0 Å². The molecular weight excluding hydrogens is 230 g/mol. The quantitative estimate of drug-likeness (QED) is 0.799. The highest BCUT2D eigenvalue weighted by atomic mass is 16.2. The minimum absolute atomic E-state index is 0.00680. The van der Waals surface area contributed by atoms with Gasteiger partial charge in [0.2, 0.25) is 5.56 Å².